The Kier molecular flexibility index (Phi) is 45.8. The predicted molar refractivity (Wildman–Crippen MR) is 268 cm³/mol. The van der Waals surface area contributed by atoms with Gasteiger partial charge >= 0.3 is 5.97 Å². The molecule has 2 atom stereocenters. The molecule has 63 heavy (non-hydrogen) atoms. The smallest absolute Gasteiger partial charge is 0.306 e. The Labute approximate surface area is 390 Å². The maximum Gasteiger partial charge on any atom is 0.306 e. The van der Waals surface area contributed by atoms with Crippen molar-refractivity contribution >= 4 is 13.8 Å². The number of hydrogen-bond acceptors (Lipinski definition) is 7. The lowest BCUT2D eigenvalue weighted by molar-refractivity contribution is -0.870. The van der Waals surface area contributed by atoms with Crippen molar-refractivity contribution in [2.45, 2.75) is 238 Å². The molecule has 0 spiro atoms. The minimum atomic E-state index is -4.53. The fourth-order valence-electron chi connectivity index (χ4n) is 7.25. The van der Waals surface area contributed by atoms with Crippen LogP contribution in [0.2, 0.25) is 0 Å². The van der Waals surface area contributed by atoms with Crippen molar-refractivity contribution in [2.75, 3.05) is 54.1 Å². The lowest BCUT2D eigenvalue weighted by Gasteiger charge is -2.28. The topological polar surface area (TPSA) is 94.1 Å². The summed E-state index contributed by atoms with van der Waals surface area (Å²) >= 11 is 0. The quantitative estimate of drug-likeness (QED) is 0.0197. The van der Waals surface area contributed by atoms with E-state index in [1.807, 2.05) is 21.1 Å². The number of likely N-dealkylation sites (N-methyl/N-ethyl adjacent to an activating group) is 1. The molecule has 9 heteroatoms. The molecule has 0 radical (unpaired) electrons. The average molecular weight is 908 g/mol. The molecule has 0 amide bonds. The Morgan fingerprint density at radius 1 is 0.492 bits per heavy atom. The monoisotopic (exact) mass is 908 g/mol. The van der Waals surface area contributed by atoms with Gasteiger partial charge in [-0.3, -0.25) is 9.36 Å². The summed E-state index contributed by atoms with van der Waals surface area (Å²) in [7, 11) is 1.35. The van der Waals surface area contributed by atoms with Crippen LogP contribution in [0.5, 0.6) is 0 Å². The summed E-state index contributed by atoms with van der Waals surface area (Å²) < 4.78 is 34.8. The third-order valence-corrected chi connectivity index (χ3v) is 12.3. The third kappa shape index (κ3) is 51.3. The summed E-state index contributed by atoms with van der Waals surface area (Å²) in [4.78, 5) is 25.2. The molecule has 0 bridgehead atoms. The van der Waals surface area contributed by atoms with Gasteiger partial charge in [0.25, 0.3) is 7.82 Å². The zero-order chi connectivity index (χ0) is 46.2. The van der Waals surface area contributed by atoms with Crippen LogP contribution in [0, 0.1) is 0 Å². The van der Waals surface area contributed by atoms with E-state index in [1.54, 1.807) is 0 Å². The Morgan fingerprint density at radius 2 is 0.873 bits per heavy atom. The molecular weight excluding hydrogens is 806 g/mol. The van der Waals surface area contributed by atoms with Crippen molar-refractivity contribution in [3.8, 4) is 0 Å². The van der Waals surface area contributed by atoms with Gasteiger partial charge in [0.2, 0.25) is 0 Å². The molecule has 0 aliphatic carbocycles. The number of phosphoric ester groups is 1. The molecule has 0 aromatic rings. The first-order valence-electron chi connectivity index (χ1n) is 26.4. The van der Waals surface area contributed by atoms with E-state index in [0.29, 0.717) is 24.1 Å². The van der Waals surface area contributed by atoms with Crippen LogP contribution in [0.3, 0.4) is 0 Å². The van der Waals surface area contributed by atoms with Crippen molar-refractivity contribution in [2.24, 2.45) is 0 Å². The van der Waals surface area contributed by atoms with Crippen molar-refractivity contribution in [1.82, 2.24) is 0 Å². The number of carbonyl (C=O) groups excluding carboxylic acids is 1. The zero-order valence-corrected chi connectivity index (χ0v) is 42.9. The number of hydrogen-bond donors (Lipinski definition) is 0. The highest BCUT2D eigenvalue weighted by atomic mass is 31.2. The Bertz CT molecular complexity index is 1150. The normalized spacial score (nSPS) is 13.9. The van der Waals surface area contributed by atoms with Crippen molar-refractivity contribution in [1.29, 1.82) is 0 Å². The molecule has 0 saturated carbocycles. The fourth-order valence-corrected chi connectivity index (χ4v) is 7.98. The second-order valence-electron chi connectivity index (χ2n) is 18.9. The molecule has 0 aliphatic heterocycles. The minimum Gasteiger partial charge on any atom is -0.756 e. The van der Waals surface area contributed by atoms with Gasteiger partial charge in [-0.1, -0.05) is 197 Å². The summed E-state index contributed by atoms with van der Waals surface area (Å²) in [6.45, 7) is 5.39. The Hall–Kier alpha value is -1.54. The number of nitrogens with zero attached hydrogens (tertiary/aromatic N) is 1. The zero-order valence-electron chi connectivity index (χ0n) is 42.0. The number of carbonyl (C=O) groups is 1. The average Bonchev–Trinajstić information content (AvgIpc) is 3.24. The van der Waals surface area contributed by atoms with Crippen LogP contribution in [-0.4, -0.2) is 70.7 Å². The van der Waals surface area contributed by atoms with E-state index in [1.165, 1.54) is 167 Å². The fraction of sp³-hybridized carbons (Fsp3) is 0.833. The number of quaternary nitrogens is 1. The highest BCUT2D eigenvalue weighted by Gasteiger charge is 2.20. The maximum absolute atomic E-state index is 12.8. The Morgan fingerprint density at radius 3 is 1.32 bits per heavy atom. The van der Waals surface area contributed by atoms with E-state index < -0.39 is 13.9 Å². The molecule has 0 aromatic heterocycles. The lowest BCUT2D eigenvalue weighted by Crippen LogP contribution is -2.37. The maximum atomic E-state index is 12.8. The largest absolute Gasteiger partial charge is 0.756 e. The van der Waals surface area contributed by atoms with Gasteiger partial charge in [-0.05, 0) is 77.0 Å². The second kappa shape index (κ2) is 47.0. The van der Waals surface area contributed by atoms with Crippen LogP contribution in [0.25, 0.3) is 0 Å². The van der Waals surface area contributed by atoms with Crippen LogP contribution in [-0.2, 0) is 27.9 Å². The number of allylic oxidation sites excluding steroid dienone is 8. The van der Waals surface area contributed by atoms with E-state index in [-0.39, 0.29) is 25.8 Å². The first-order chi connectivity index (χ1) is 30.6. The molecule has 2 unspecified atom stereocenters. The molecule has 8 nitrogen and oxygen atoms in total. The van der Waals surface area contributed by atoms with Crippen LogP contribution < -0.4 is 4.89 Å². The standard InChI is InChI=1S/C54H102NO7P/c1-6-8-10-12-14-16-18-20-22-24-26-27-28-30-32-34-36-38-40-42-44-46-49-59-51-53(52-61-63(57,58)60-50-48-55(3,4)5)62-54(56)47-45-43-41-39-37-35-33-31-29-25-23-21-19-17-15-13-11-9-7-2/h15,17-18,20-21,23-24,26,53H,6-14,16,19,22,25,27-52H2,1-5H3/b17-15-,20-18-,23-21-,26-24-. The molecular formula is C54H102NO7P. The third-order valence-electron chi connectivity index (χ3n) is 11.4. The molecule has 0 aliphatic rings. The summed E-state index contributed by atoms with van der Waals surface area (Å²) in [6, 6.07) is 0. The van der Waals surface area contributed by atoms with Crippen LogP contribution in [0.15, 0.2) is 48.6 Å². The van der Waals surface area contributed by atoms with Gasteiger partial charge in [-0.15, -0.1) is 0 Å². The summed E-state index contributed by atoms with van der Waals surface area (Å²) in [5.74, 6) is -0.338. The minimum absolute atomic E-state index is 0.0239. The van der Waals surface area contributed by atoms with E-state index in [2.05, 4.69) is 62.5 Å². The van der Waals surface area contributed by atoms with Crippen LogP contribution >= 0.6 is 7.82 Å². The van der Waals surface area contributed by atoms with Crippen molar-refractivity contribution in [3.05, 3.63) is 48.6 Å². The predicted octanol–water partition coefficient (Wildman–Crippen LogP) is 15.7. The van der Waals surface area contributed by atoms with Gasteiger partial charge in [-0.2, -0.15) is 0 Å². The summed E-state index contributed by atoms with van der Waals surface area (Å²) in [6.07, 6.45) is 58.4. The highest BCUT2D eigenvalue weighted by Crippen LogP contribution is 2.38. The number of ether oxygens (including phenoxy) is 2. The van der Waals surface area contributed by atoms with Gasteiger partial charge in [-0.25, -0.2) is 0 Å². The highest BCUT2D eigenvalue weighted by molar-refractivity contribution is 7.45. The van der Waals surface area contributed by atoms with Gasteiger partial charge in [0, 0.05) is 13.0 Å². The Balaban J connectivity index is 4.13. The van der Waals surface area contributed by atoms with Crippen molar-refractivity contribution < 1.29 is 37.3 Å². The van der Waals surface area contributed by atoms with E-state index >= 15 is 0 Å². The van der Waals surface area contributed by atoms with Crippen molar-refractivity contribution in [3.63, 3.8) is 0 Å². The molecule has 0 aromatic carbocycles. The first kappa shape index (κ1) is 61.5. The number of unbranched alkanes of at least 4 members (excludes halogenated alkanes) is 27. The van der Waals surface area contributed by atoms with Crippen LogP contribution in [0.1, 0.15) is 232 Å². The van der Waals surface area contributed by atoms with Gasteiger partial charge in [0.05, 0.1) is 34.4 Å². The molecule has 0 rings (SSSR count). The molecule has 0 fully saturated rings. The lowest BCUT2D eigenvalue weighted by atomic mass is 10.1. The van der Waals surface area contributed by atoms with E-state index in [0.717, 1.165) is 44.9 Å². The van der Waals surface area contributed by atoms with Gasteiger partial charge < -0.3 is 27.9 Å². The van der Waals surface area contributed by atoms with E-state index in [4.69, 9.17) is 18.5 Å². The molecule has 370 valence electrons. The summed E-state index contributed by atoms with van der Waals surface area (Å²) in [5, 5.41) is 0. The first-order valence-corrected chi connectivity index (χ1v) is 27.8. The number of rotatable bonds is 49. The second-order valence-corrected chi connectivity index (χ2v) is 20.3. The summed E-state index contributed by atoms with van der Waals surface area (Å²) in [5.41, 5.74) is 0. The number of esters is 1. The van der Waals surface area contributed by atoms with E-state index in [9.17, 15) is 14.3 Å². The van der Waals surface area contributed by atoms with Gasteiger partial charge in [0.1, 0.15) is 19.3 Å². The molecule has 0 N–H and O–H groups in total. The molecule has 0 heterocycles. The van der Waals surface area contributed by atoms with Gasteiger partial charge in [0.15, 0.2) is 0 Å². The SMILES string of the molecule is CCCCC/C=C\C/C=C\CCCCCCCCCCCC(=O)OC(COCCCCCCCCCCCC/C=C\C/C=C\CCCCCCC)COP(=O)([O-])OCC[N+](C)(C)C. The molecule has 0 saturated heterocycles. The number of phosphoric acid groups is 1. The van der Waals surface area contributed by atoms with Crippen LogP contribution in [0.4, 0.5) is 0 Å².